The van der Waals surface area contributed by atoms with Gasteiger partial charge in [-0.3, -0.25) is 0 Å². The molecule has 0 amide bonds. The molecule has 0 unspecified atom stereocenters. The van der Waals surface area contributed by atoms with Crippen LogP contribution < -0.4 is 0 Å². The van der Waals surface area contributed by atoms with E-state index in [0.717, 1.165) is 0 Å². The monoisotopic (exact) mass is 279 g/mol. The number of benzene rings is 3. The molecule has 0 atom stereocenters. The van der Waals surface area contributed by atoms with Gasteiger partial charge in [0, 0.05) is 0 Å². The fraction of sp³-hybridized carbons (Fsp3) is 0. The third-order valence-electron chi connectivity index (χ3n) is 1.82. The first-order valence-electron chi connectivity index (χ1n) is 5.73. The van der Waals surface area contributed by atoms with Crippen LogP contribution in [0.4, 0.5) is 0 Å². The topological polar surface area (TPSA) is 0 Å². The molecule has 0 fully saturated rings. The molecule has 1 heteroatoms. The minimum absolute atomic E-state index is 0. The maximum atomic E-state index is 2.89. The van der Waals surface area contributed by atoms with E-state index >= 15 is 0 Å². The number of rotatable bonds is 0. The van der Waals surface area contributed by atoms with Gasteiger partial charge in [0.05, 0.1) is 0 Å². The van der Waals surface area contributed by atoms with Crippen molar-refractivity contribution in [1.29, 1.82) is 0 Å². The summed E-state index contributed by atoms with van der Waals surface area (Å²) in [6.07, 6.45) is 0. The molecular formula is C18H15Ti. The first-order valence-corrected chi connectivity index (χ1v) is 5.73. The van der Waals surface area contributed by atoms with Crippen LogP contribution in [0.5, 0.6) is 0 Å². The standard InChI is InChI=1S/3C6H5.Ti/c3*1-2-4-6-5-3-1;/h3*1-5H;/q3*-1;+3. The van der Waals surface area contributed by atoms with Crippen molar-refractivity contribution in [3.63, 3.8) is 0 Å². The fourth-order valence-electron chi connectivity index (χ4n) is 1.03. The number of hydrogen-bond acceptors (Lipinski definition) is 0. The zero-order valence-electron chi connectivity index (χ0n) is 10.7. The van der Waals surface area contributed by atoms with Crippen LogP contribution in [0.2, 0.25) is 0 Å². The van der Waals surface area contributed by atoms with Crippen LogP contribution in [-0.4, -0.2) is 0 Å². The van der Waals surface area contributed by atoms with Gasteiger partial charge in [-0.1, -0.05) is 0 Å². The summed E-state index contributed by atoms with van der Waals surface area (Å²) in [5.41, 5.74) is 0. The molecular weight excluding hydrogens is 264 g/mol. The molecule has 3 aromatic carbocycles. The van der Waals surface area contributed by atoms with Gasteiger partial charge in [-0.2, -0.15) is 109 Å². The predicted octanol–water partition coefficient (Wildman–Crippen LogP) is 4.46. The van der Waals surface area contributed by atoms with Crippen LogP contribution in [0, 0.1) is 18.2 Å². The first-order chi connectivity index (χ1) is 9.00. The smallest absolute Gasteiger partial charge is 0.184 e. The molecule has 3 rings (SSSR count). The molecule has 91 valence electrons. The summed E-state index contributed by atoms with van der Waals surface area (Å²) in [7, 11) is 0. The van der Waals surface area contributed by atoms with E-state index in [4.69, 9.17) is 0 Å². The third kappa shape index (κ3) is 12.6. The molecule has 0 aliphatic carbocycles. The van der Waals surface area contributed by atoms with Crippen LogP contribution >= 0.6 is 0 Å². The van der Waals surface area contributed by atoms with Gasteiger partial charge in [-0.15, -0.1) is 0 Å². The first kappa shape index (κ1) is 17.4. The predicted molar refractivity (Wildman–Crippen MR) is 75.8 cm³/mol. The van der Waals surface area contributed by atoms with Crippen molar-refractivity contribution in [1.82, 2.24) is 0 Å². The maximum Gasteiger partial charge on any atom is 3.00 e. The Balaban J connectivity index is 0.000000249. The van der Waals surface area contributed by atoms with Crippen molar-refractivity contribution >= 4 is 0 Å². The molecule has 1 radical (unpaired) electrons. The summed E-state index contributed by atoms with van der Waals surface area (Å²) in [6.45, 7) is 0. The van der Waals surface area contributed by atoms with Gasteiger partial charge >= 0.3 is 21.7 Å². The summed E-state index contributed by atoms with van der Waals surface area (Å²) >= 11 is 0. The van der Waals surface area contributed by atoms with Crippen molar-refractivity contribution < 1.29 is 21.7 Å². The minimum atomic E-state index is 0. The Bertz CT molecular complexity index is 296. The largest absolute Gasteiger partial charge is 3.00 e. The molecule has 0 saturated carbocycles. The van der Waals surface area contributed by atoms with E-state index in [-0.39, 0.29) is 21.7 Å². The van der Waals surface area contributed by atoms with E-state index in [0.29, 0.717) is 0 Å². The van der Waals surface area contributed by atoms with E-state index < -0.39 is 0 Å². The molecule has 0 spiro atoms. The average molecular weight is 279 g/mol. The van der Waals surface area contributed by atoms with Crippen molar-refractivity contribution in [2.24, 2.45) is 0 Å². The van der Waals surface area contributed by atoms with Crippen LogP contribution in [0.1, 0.15) is 0 Å². The Morgan fingerprint density at radius 2 is 0.526 bits per heavy atom. The van der Waals surface area contributed by atoms with Gasteiger partial charge in [0.15, 0.2) is 0 Å². The minimum Gasteiger partial charge on any atom is -0.184 e. The Morgan fingerprint density at radius 1 is 0.316 bits per heavy atom. The van der Waals surface area contributed by atoms with Gasteiger partial charge in [0.25, 0.3) is 0 Å². The van der Waals surface area contributed by atoms with Gasteiger partial charge in [0.2, 0.25) is 0 Å². The summed E-state index contributed by atoms with van der Waals surface area (Å²) in [5.74, 6) is 0. The molecule has 0 heterocycles. The fourth-order valence-corrected chi connectivity index (χ4v) is 1.03. The Morgan fingerprint density at radius 3 is 0.579 bits per heavy atom. The van der Waals surface area contributed by atoms with Crippen molar-refractivity contribution in [3.8, 4) is 0 Å². The van der Waals surface area contributed by atoms with Crippen molar-refractivity contribution in [2.75, 3.05) is 0 Å². The molecule has 0 saturated heterocycles. The Kier molecular flexibility index (Phi) is 13.2. The molecule has 0 N–H and O–H groups in total. The summed E-state index contributed by atoms with van der Waals surface area (Å²) in [4.78, 5) is 0. The van der Waals surface area contributed by atoms with Gasteiger partial charge in [0.1, 0.15) is 0 Å². The zero-order valence-corrected chi connectivity index (χ0v) is 12.2. The Hall–Kier alpha value is -1.63. The average Bonchev–Trinajstić information content (AvgIpc) is 2.54. The summed E-state index contributed by atoms with van der Waals surface area (Å²) in [6, 6.07) is 37.5. The van der Waals surface area contributed by atoms with Crippen LogP contribution in [0.25, 0.3) is 0 Å². The molecule has 19 heavy (non-hydrogen) atoms. The molecule has 0 aliphatic rings. The van der Waals surface area contributed by atoms with Gasteiger partial charge in [-0.05, 0) is 0 Å². The van der Waals surface area contributed by atoms with Gasteiger partial charge < -0.3 is 0 Å². The van der Waals surface area contributed by atoms with Crippen molar-refractivity contribution in [2.45, 2.75) is 0 Å². The van der Waals surface area contributed by atoms with E-state index in [1.807, 2.05) is 91.0 Å². The molecule has 0 aliphatic heterocycles. The maximum absolute atomic E-state index is 2.89. The van der Waals surface area contributed by atoms with Gasteiger partial charge in [-0.25, -0.2) is 0 Å². The SMILES string of the molecule is [Ti+3].[c-]1ccccc1.[c-]1ccccc1.[c-]1ccccc1. The molecule has 0 bridgehead atoms. The van der Waals surface area contributed by atoms with E-state index in [9.17, 15) is 0 Å². The molecule has 3 aromatic rings. The molecule has 0 nitrogen and oxygen atoms in total. The van der Waals surface area contributed by atoms with Crippen LogP contribution in [-0.2, 0) is 21.7 Å². The normalized spacial score (nSPS) is 7.58. The second kappa shape index (κ2) is 14.4. The second-order valence-electron chi connectivity index (χ2n) is 3.23. The van der Waals surface area contributed by atoms with Crippen LogP contribution in [0.15, 0.2) is 91.0 Å². The van der Waals surface area contributed by atoms with E-state index in [1.165, 1.54) is 0 Å². The molecule has 0 aromatic heterocycles. The zero-order chi connectivity index (χ0) is 12.7. The summed E-state index contributed by atoms with van der Waals surface area (Å²) < 4.78 is 0. The van der Waals surface area contributed by atoms with E-state index in [1.54, 1.807) is 0 Å². The quantitative estimate of drug-likeness (QED) is 0.421. The van der Waals surface area contributed by atoms with E-state index in [2.05, 4.69) is 18.2 Å². The Labute approximate surface area is 131 Å². The number of hydrogen-bond donors (Lipinski definition) is 0. The second-order valence-corrected chi connectivity index (χ2v) is 3.23. The third-order valence-corrected chi connectivity index (χ3v) is 1.82. The van der Waals surface area contributed by atoms with Crippen LogP contribution in [0.3, 0.4) is 0 Å². The van der Waals surface area contributed by atoms with Crippen molar-refractivity contribution in [3.05, 3.63) is 109 Å². The summed E-state index contributed by atoms with van der Waals surface area (Å²) in [5, 5.41) is 0.